The van der Waals surface area contributed by atoms with Crippen molar-refractivity contribution < 1.29 is 27.8 Å². The zero-order valence-corrected chi connectivity index (χ0v) is 23.6. The summed E-state index contributed by atoms with van der Waals surface area (Å²) < 4.78 is 42.1. The number of nitrogens with zero attached hydrogens (tertiary/aromatic N) is 3. The molecule has 0 amide bonds. The van der Waals surface area contributed by atoms with E-state index in [1.807, 2.05) is 18.2 Å². The molecule has 2 heterocycles. The van der Waals surface area contributed by atoms with E-state index in [9.17, 15) is 14.0 Å². The third-order valence-electron chi connectivity index (χ3n) is 6.59. The first-order valence-corrected chi connectivity index (χ1v) is 13.5. The minimum absolute atomic E-state index is 0.00142. The predicted octanol–water partition coefficient (Wildman–Crippen LogP) is 7.15. The lowest BCUT2D eigenvalue weighted by Gasteiger charge is -2.17. The Kier molecular flexibility index (Phi) is 7.46. The van der Waals surface area contributed by atoms with Crippen LogP contribution in [0.15, 0.2) is 60.9 Å². The number of fused-ring (bicyclic) bond motifs is 1. The number of aromatic nitrogens is 3. The fourth-order valence-corrected chi connectivity index (χ4v) is 4.55. The van der Waals surface area contributed by atoms with Crippen molar-refractivity contribution in [3.63, 3.8) is 0 Å². The Labute approximate surface area is 236 Å². The molecule has 0 aliphatic heterocycles. The molecule has 0 bridgehead atoms. The Balaban J connectivity index is 1.47. The molecule has 0 saturated heterocycles. The lowest BCUT2D eigenvalue weighted by Crippen LogP contribution is -2.22. The van der Waals surface area contributed by atoms with Crippen LogP contribution in [0.5, 0.6) is 5.75 Å². The fraction of sp³-hybridized carbons (Fsp3) is 0.312. The molecular formula is C32H31F2N3O4. The average Bonchev–Trinajstić information content (AvgIpc) is 3.67. The van der Waals surface area contributed by atoms with Gasteiger partial charge in [0.1, 0.15) is 23.0 Å². The molecule has 0 N–H and O–H groups in total. The van der Waals surface area contributed by atoms with E-state index in [-0.39, 0.29) is 23.4 Å². The fourth-order valence-electron chi connectivity index (χ4n) is 4.55. The van der Waals surface area contributed by atoms with Crippen LogP contribution in [-0.2, 0) is 14.3 Å². The number of carbonyl (C=O) groups excluding carboxylic acids is 2. The van der Waals surface area contributed by atoms with Gasteiger partial charge < -0.3 is 9.47 Å². The van der Waals surface area contributed by atoms with E-state index in [2.05, 4.69) is 4.98 Å². The molecule has 7 nitrogen and oxygen atoms in total. The maximum Gasteiger partial charge on any atom is 0.336 e. The highest BCUT2D eigenvalue weighted by atomic mass is 19.1. The van der Waals surface area contributed by atoms with Crippen LogP contribution < -0.4 is 4.74 Å². The van der Waals surface area contributed by atoms with Crippen LogP contribution in [0, 0.1) is 11.6 Å². The number of rotatable bonds is 7. The summed E-state index contributed by atoms with van der Waals surface area (Å²) in [6.07, 6.45) is 7.23. The molecule has 1 fully saturated rings. The van der Waals surface area contributed by atoms with Crippen LogP contribution in [0.4, 0.5) is 8.78 Å². The lowest BCUT2D eigenvalue weighted by atomic mass is 9.99. The Morgan fingerprint density at radius 3 is 2.41 bits per heavy atom. The molecule has 0 spiro atoms. The van der Waals surface area contributed by atoms with Crippen LogP contribution in [0.1, 0.15) is 70.6 Å². The van der Waals surface area contributed by atoms with Crippen LogP contribution in [-0.4, -0.2) is 31.9 Å². The van der Waals surface area contributed by atoms with E-state index < -0.39 is 23.4 Å². The normalized spacial score (nSPS) is 13.8. The summed E-state index contributed by atoms with van der Waals surface area (Å²) in [7, 11) is 0. The van der Waals surface area contributed by atoms with Gasteiger partial charge in [-0.3, -0.25) is 9.38 Å². The average molecular weight is 560 g/mol. The predicted molar refractivity (Wildman–Crippen MR) is 150 cm³/mol. The van der Waals surface area contributed by atoms with Crippen molar-refractivity contribution in [3.05, 3.63) is 83.8 Å². The molecular weight excluding hydrogens is 528 g/mol. The second-order valence-electron chi connectivity index (χ2n) is 11.4. The van der Waals surface area contributed by atoms with Crippen LogP contribution in [0.3, 0.4) is 0 Å². The number of benzene rings is 2. The molecule has 5 rings (SSSR count). The summed E-state index contributed by atoms with van der Waals surface area (Å²) >= 11 is 0. The van der Waals surface area contributed by atoms with Gasteiger partial charge in [0.15, 0.2) is 5.65 Å². The number of halogens is 2. The minimum Gasteiger partial charge on any atom is -0.457 e. The van der Waals surface area contributed by atoms with E-state index in [0.717, 1.165) is 42.3 Å². The molecule has 41 heavy (non-hydrogen) atoms. The summed E-state index contributed by atoms with van der Waals surface area (Å²) in [4.78, 5) is 33.3. The van der Waals surface area contributed by atoms with Crippen LogP contribution in [0.2, 0.25) is 0 Å². The Bertz CT molecular complexity index is 1680. The monoisotopic (exact) mass is 559 g/mol. The number of ether oxygens (including phenoxy) is 2. The third kappa shape index (κ3) is 6.34. The minimum atomic E-state index is -0.840. The van der Waals surface area contributed by atoms with E-state index in [1.54, 1.807) is 51.4 Å². The van der Waals surface area contributed by atoms with Gasteiger partial charge in [-0.25, -0.2) is 23.4 Å². The van der Waals surface area contributed by atoms with E-state index >= 15 is 4.39 Å². The first-order chi connectivity index (χ1) is 19.4. The SMILES string of the molecule is CC(C)c1cc(-c2cn3c(-c4ccc(OC(=O)/C=C/C(=O)OC(C)(C)C)cc4F)c(C4CC4)nc3cn2)ccc1F. The molecule has 9 heteroatoms. The van der Waals surface area contributed by atoms with E-state index in [4.69, 9.17) is 14.5 Å². The van der Waals surface area contributed by atoms with Gasteiger partial charge in [-0.15, -0.1) is 0 Å². The first-order valence-electron chi connectivity index (χ1n) is 13.5. The molecule has 2 aromatic carbocycles. The molecule has 0 radical (unpaired) electrons. The molecule has 212 valence electrons. The van der Waals surface area contributed by atoms with Crippen molar-refractivity contribution in [1.29, 1.82) is 0 Å². The smallest absolute Gasteiger partial charge is 0.336 e. The largest absolute Gasteiger partial charge is 0.457 e. The summed E-state index contributed by atoms with van der Waals surface area (Å²) in [6, 6.07) is 9.05. The highest BCUT2D eigenvalue weighted by molar-refractivity contribution is 5.92. The molecule has 1 aliphatic rings. The second-order valence-corrected chi connectivity index (χ2v) is 11.4. The summed E-state index contributed by atoms with van der Waals surface area (Å²) in [5, 5.41) is 0. The molecule has 1 aliphatic carbocycles. The van der Waals surface area contributed by atoms with E-state index in [0.29, 0.717) is 28.2 Å². The van der Waals surface area contributed by atoms with Gasteiger partial charge >= 0.3 is 11.9 Å². The zero-order valence-electron chi connectivity index (χ0n) is 23.6. The molecule has 2 aromatic heterocycles. The van der Waals surface area contributed by atoms with E-state index in [1.165, 1.54) is 12.1 Å². The number of hydrogen-bond acceptors (Lipinski definition) is 6. The molecule has 4 aromatic rings. The number of hydrogen-bond donors (Lipinski definition) is 0. The van der Waals surface area contributed by atoms with Gasteiger partial charge in [0.25, 0.3) is 0 Å². The summed E-state index contributed by atoms with van der Waals surface area (Å²) in [5.74, 6) is -2.20. The number of carbonyl (C=O) groups is 2. The summed E-state index contributed by atoms with van der Waals surface area (Å²) in [5.41, 5.74) is 3.46. The van der Waals surface area contributed by atoms with Crippen molar-refractivity contribution in [2.75, 3.05) is 0 Å². The molecule has 0 unspecified atom stereocenters. The van der Waals surface area contributed by atoms with Crippen molar-refractivity contribution >= 4 is 17.6 Å². The maximum atomic E-state index is 15.6. The quantitative estimate of drug-likeness (QED) is 0.136. The third-order valence-corrected chi connectivity index (χ3v) is 6.59. The molecule has 0 atom stereocenters. The number of esters is 2. The van der Waals surface area contributed by atoms with Crippen molar-refractivity contribution in [2.45, 2.75) is 64.9 Å². The Hall–Kier alpha value is -4.40. The van der Waals surface area contributed by atoms with Crippen molar-refractivity contribution in [2.24, 2.45) is 0 Å². The van der Waals surface area contributed by atoms with Crippen LogP contribution in [0.25, 0.3) is 28.2 Å². The van der Waals surface area contributed by atoms with Gasteiger partial charge in [0, 0.05) is 41.5 Å². The van der Waals surface area contributed by atoms with Crippen LogP contribution >= 0.6 is 0 Å². The first kappa shape index (κ1) is 28.1. The van der Waals surface area contributed by atoms with Gasteiger partial charge in [-0.2, -0.15) is 0 Å². The maximum absolute atomic E-state index is 15.6. The van der Waals surface area contributed by atoms with Gasteiger partial charge in [0.05, 0.1) is 23.3 Å². The Morgan fingerprint density at radius 1 is 1.02 bits per heavy atom. The zero-order chi connectivity index (χ0) is 29.5. The van der Waals surface area contributed by atoms with Crippen molar-refractivity contribution in [1.82, 2.24) is 14.4 Å². The summed E-state index contributed by atoms with van der Waals surface area (Å²) in [6.45, 7) is 8.99. The second kappa shape index (κ2) is 10.9. The van der Waals surface area contributed by atoms with Crippen molar-refractivity contribution in [3.8, 4) is 28.3 Å². The van der Waals surface area contributed by atoms with Gasteiger partial charge in [-0.05, 0) is 75.4 Å². The Morgan fingerprint density at radius 2 is 1.76 bits per heavy atom. The standard InChI is InChI=1S/C32H31F2N3O4/c1-18(2)23-14-20(8-11-24(23)33)26-17-37-27(16-35-26)36-30(19-6-7-19)31(37)22-10-9-21(15-25(22)34)40-28(38)12-13-29(39)41-32(3,4)5/h8-19H,6-7H2,1-5H3/b13-12+. The topological polar surface area (TPSA) is 82.8 Å². The molecule has 1 saturated carbocycles. The lowest BCUT2D eigenvalue weighted by molar-refractivity contribution is -0.148. The van der Waals surface area contributed by atoms with Gasteiger partial charge in [0.2, 0.25) is 0 Å². The highest BCUT2D eigenvalue weighted by Gasteiger charge is 2.32. The van der Waals surface area contributed by atoms with Gasteiger partial charge in [-0.1, -0.05) is 13.8 Å². The highest BCUT2D eigenvalue weighted by Crippen LogP contribution is 2.45. The number of imidazole rings is 1.